The third-order valence-electron chi connectivity index (χ3n) is 3.22. The summed E-state index contributed by atoms with van der Waals surface area (Å²) in [5.41, 5.74) is 0.824. The van der Waals surface area contributed by atoms with Crippen LogP contribution >= 0.6 is 11.6 Å². The first-order chi connectivity index (χ1) is 10.1. The summed E-state index contributed by atoms with van der Waals surface area (Å²) in [4.78, 5) is 0. The molecule has 0 amide bonds. The fourth-order valence-electron chi connectivity index (χ4n) is 2.24. The number of methoxy groups -OCH3 is 2. The van der Waals surface area contributed by atoms with Gasteiger partial charge in [0.15, 0.2) is 0 Å². The summed E-state index contributed by atoms with van der Waals surface area (Å²) in [5, 5.41) is 10.9. The largest absolute Gasteiger partial charge is 0.496 e. The third-order valence-corrected chi connectivity index (χ3v) is 3.46. The summed E-state index contributed by atoms with van der Waals surface area (Å²) in [6.45, 7) is 0. The zero-order valence-corrected chi connectivity index (χ0v) is 12.5. The van der Waals surface area contributed by atoms with Gasteiger partial charge in [-0.05, 0) is 35.9 Å². The van der Waals surface area contributed by atoms with Crippen molar-refractivity contribution in [2.24, 2.45) is 0 Å². The normalized spacial score (nSPS) is 12.0. The van der Waals surface area contributed by atoms with Crippen LogP contribution in [0.1, 0.15) is 17.2 Å². The van der Waals surface area contributed by atoms with Crippen LogP contribution in [-0.2, 0) is 6.42 Å². The minimum Gasteiger partial charge on any atom is -0.496 e. The molecule has 2 aromatic carbocycles. The van der Waals surface area contributed by atoms with Crippen LogP contribution in [0.5, 0.6) is 11.5 Å². The number of benzene rings is 2. The van der Waals surface area contributed by atoms with Crippen LogP contribution in [0.2, 0.25) is 5.02 Å². The molecule has 0 fully saturated rings. The van der Waals surface area contributed by atoms with Crippen LogP contribution in [0.3, 0.4) is 0 Å². The highest BCUT2D eigenvalue weighted by Gasteiger charge is 2.20. The molecule has 3 nitrogen and oxygen atoms in total. The van der Waals surface area contributed by atoms with E-state index in [1.54, 1.807) is 24.3 Å². The Balaban J connectivity index is 2.34. The van der Waals surface area contributed by atoms with Gasteiger partial charge in [0, 0.05) is 11.4 Å². The Hall–Kier alpha value is -1.78. The standard InChI is InChI=1S/C16H16ClFO3/c1-20-14-7-6-11(17)8-10(14)9-13(19)16-12(18)4-3-5-15(16)21-2/h3-8,13,19H,9H2,1-2H3. The van der Waals surface area contributed by atoms with Gasteiger partial charge >= 0.3 is 0 Å². The lowest BCUT2D eigenvalue weighted by Gasteiger charge is -2.17. The second-order valence-corrected chi connectivity index (χ2v) is 4.97. The zero-order valence-electron chi connectivity index (χ0n) is 11.8. The highest BCUT2D eigenvalue weighted by molar-refractivity contribution is 6.30. The molecule has 0 radical (unpaired) electrons. The Kier molecular flexibility index (Phi) is 5.04. The molecule has 1 unspecified atom stereocenters. The van der Waals surface area contributed by atoms with E-state index in [-0.39, 0.29) is 12.0 Å². The Labute approximate surface area is 127 Å². The van der Waals surface area contributed by atoms with E-state index in [0.29, 0.717) is 22.1 Å². The molecule has 1 atom stereocenters. The lowest BCUT2D eigenvalue weighted by Crippen LogP contribution is -2.07. The molecular formula is C16H16ClFO3. The second kappa shape index (κ2) is 6.78. The van der Waals surface area contributed by atoms with Crippen LogP contribution in [0.4, 0.5) is 4.39 Å². The van der Waals surface area contributed by atoms with E-state index in [0.717, 1.165) is 0 Å². The molecule has 112 valence electrons. The summed E-state index contributed by atoms with van der Waals surface area (Å²) in [6, 6.07) is 9.53. The van der Waals surface area contributed by atoms with E-state index < -0.39 is 11.9 Å². The number of aliphatic hydroxyl groups excluding tert-OH is 1. The fourth-order valence-corrected chi connectivity index (χ4v) is 2.43. The maximum absolute atomic E-state index is 14.0. The van der Waals surface area contributed by atoms with Gasteiger partial charge in [-0.2, -0.15) is 0 Å². The molecule has 0 bridgehead atoms. The Bertz CT molecular complexity index is 631. The summed E-state index contributed by atoms with van der Waals surface area (Å²) >= 11 is 5.96. The van der Waals surface area contributed by atoms with Crippen LogP contribution in [0.15, 0.2) is 36.4 Å². The molecule has 0 saturated carbocycles. The molecule has 0 spiro atoms. The lowest BCUT2D eigenvalue weighted by molar-refractivity contribution is 0.167. The van der Waals surface area contributed by atoms with Gasteiger partial charge in [-0.25, -0.2) is 4.39 Å². The van der Waals surface area contributed by atoms with Gasteiger partial charge in [0.1, 0.15) is 17.3 Å². The number of halogens is 2. The van der Waals surface area contributed by atoms with Gasteiger partial charge in [0.2, 0.25) is 0 Å². The molecule has 2 rings (SSSR count). The van der Waals surface area contributed by atoms with Crippen molar-refractivity contribution in [1.29, 1.82) is 0 Å². The summed E-state index contributed by atoms with van der Waals surface area (Å²) in [5.74, 6) is 0.389. The van der Waals surface area contributed by atoms with Gasteiger partial charge in [0.05, 0.1) is 25.9 Å². The van der Waals surface area contributed by atoms with Crippen LogP contribution in [0, 0.1) is 5.82 Å². The molecule has 0 heterocycles. The summed E-state index contributed by atoms with van der Waals surface area (Å²) in [7, 11) is 2.97. The summed E-state index contributed by atoms with van der Waals surface area (Å²) in [6.07, 6.45) is -0.894. The predicted molar refractivity (Wildman–Crippen MR) is 79.6 cm³/mol. The van der Waals surface area contributed by atoms with Crippen LogP contribution in [0.25, 0.3) is 0 Å². The fraction of sp³-hybridized carbons (Fsp3) is 0.250. The Morgan fingerprint density at radius 1 is 1.14 bits per heavy atom. The number of rotatable bonds is 5. The average Bonchev–Trinajstić information content (AvgIpc) is 2.47. The zero-order chi connectivity index (χ0) is 15.4. The highest BCUT2D eigenvalue weighted by atomic mass is 35.5. The Morgan fingerprint density at radius 2 is 1.86 bits per heavy atom. The van der Waals surface area contributed by atoms with Crippen molar-refractivity contribution < 1.29 is 19.0 Å². The minimum atomic E-state index is -1.06. The van der Waals surface area contributed by atoms with E-state index in [4.69, 9.17) is 21.1 Å². The van der Waals surface area contributed by atoms with Crippen LogP contribution in [-0.4, -0.2) is 19.3 Å². The topological polar surface area (TPSA) is 38.7 Å². The number of hydrogen-bond acceptors (Lipinski definition) is 3. The molecule has 1 N–H and O–H groups in total. The smallest absolute Gasteiger partial charge is 0.132 e. The molecule has 0 aliphatic rings. The minimum absolute atomic E-state index is 0.127. The molecule has 0 aliphatic carbocycles. The first-order valence-corrected chi connectivity index (χ1v) is 6.77. The number of hydrogen-bond donors (Lipinski definition) is 1. The average molecular weight is 311 g/mol. The summed E-state index contributed by atoms with van der Waals surface area (Å²) < 4.78 is 24.3. The van der Waals surface area contributed by atoms with Crippen molar-refractivity contribution in [3.05, 3.63) is 58.4 Å². The van der Waals surface area contributed by atoms with Gasteiger partial charge in [-0.3, -0.25) is 0 Å². The SMILES string of the molecule is COc1ccc(Cl)cc1CC(O)c1c(F)cccc1OC. The molecule has 2 aromatic rings. The molecule has 21 heavy (non-hydrogen) atoms. The first kappa shape index (κ1) is 15.6. The van der Waals surface area contributed by atoms with Crippen molar-refractivity contribution in [2.75, 3.05) is 14.2 Å². The highest BCUT2D eigenvalue weighted by Crippen LogP contribution is 2.33. The molecule has 0 aliphatic heterocycles. The lowest BCUT2D eigenvalue weighted by atomic mass is 9.99. The third kappa shape index (κ3) is 3.46. The maximum atomic E-state index is 14.0. The van der Waals surface area contributed by atoms with Gasteiger partial charge < -0.3 is 14.6 Å². The predicted octanol–water partition coefficient (Wildman–Crippen LogP) is 3.77. The molecular weight excluding hydrogens is 295 g/mol. The van der Waals surface area contributed by atoms with Crippen molar-refractivity contribution in [1.82, 2.24) is 0 Å². The van der Waals surface area contributed by atoms with E-state index in [1.165, 1.54) is 26.4 Å². The Morgan fingerprint density at radius 3 is 2.52 bits per heavy atom. The van der Waals surface area contributed by atoms with E-state index in [9.17, 15) is 9.50 Å². The van der Waals surface area contributed by atoms with Gasteiger partial charge in [-0.1, -0.05) is 17.7 Å². The van der Waals surface area contributed by atoms with Gasteiger partial charge in [-0.15, -0.1) is 0 Å². The maximum Gasteiger partial charge on any atom is 0.132 e. The van der Waals surface area contributed by atoms with Crippen molar-refractivity contribution in [3.8, 4) is 11.5 Å². The number of ether oxygens (including phenoxy) is 2. The molecule has 5 heteroatoms. The monoisotopic (exact) mass is 310 g/mol. The van der Waals surface area contributed by atoms with Crippen molar-refractivity contribution in [2.45, 2.75) is 12.5 Å². The second-order valence-electron chi connectivity index (χ2n) is 4.53. The van der Waals surface area contributed by atoms with Crippen LogP contribution < -0.4 is 9.47 Å². The first-order valence-electron chi connectivity index (χ1n) is 6.39. The van der Waals surface area contributed by atoms with Crippen molar-refractivity contribution in [3.63, 3.8) is 0 Å². The van der Waals surface area contributed by atoms with Crippen molar-refractivity contribution >= 4 is 11.6 Å². The van der Waals surface area contributed by atoms with Gasteiger partial charge in [0.25, 0.3) is 0 Å². The van der Waals surface area contributed by atoms with E-state index in [2.05, 4.69) is 0 Å². The molecule has 0 aromatic heterocycles. The van der Waals surface area contributed by atoms with E-state index in [1.807, 2.05) is 0 Å². The quantitative estimate of drug-likeness (QED) is 0.913. The number of aliphatic hydroxyl groups is 1. The molecule has 0 saturated heterocycles. The van der Waals surface area contributed by atoms with E-state index >= 15 is 0 Å².